The Hall–Kier alpha value is -2.54. The van der Waals surface area contributed by atoms with E-state index in [2.05, 4.69) is 20.3 Å². The summed E-state index contributed by atoms with van der Waals surface area (Å²) in [5.74, 6) is 0.815. The van der Waals surface area contributed by atoms with E-state index in [1.54, 1.807) is 0 Å². The molecule has 0 aliphatic carbocycles. The summed E-state index contributed by atoms with van der Waals surface area (Å²) in [7, 11) is 1.49. The molecule has 0 amide bonds. The van der Waals surface area contributed by atoms with Crippen molar-refractivity contribution in [2.75, 3.05) is 7.11 Å². The summed E-state index contributed by atoms with van der Waals surface area (Å²) < 4.78 is 19.1. The van der Waals surface area contributed by atoms with Crippen molar-refractivity contribution in [1.82, 2.24) is 25.0 Å². The molecular formula is C14H11ClFN5O. The SMILES string of the molecule is COc1nc(-c2ccc(-n3cc(CF)nn3)cc2)ncc1Cl. The zero-order valence-corrected chi connectivity index (χ0v) is 12.3. The molecule has 0 N–H and O–H groups in total. The number of halogens is 2. The Labute approximate surface area is 130 Å². The third kappa shape index (κ3) is 2.75. The van der Waals surface area contributed by atoms with E-state index in [4.69, 9.17) is 16.3 Å². The van der Waals surface area contributed by atoms with E-state index < -0.39 is 6.67 Å². The number of ether oxygens (including phenoxy) is 1. The van der Waals surface area contributed by atoms with Gasteiger partial charge in [-0.3, -0.25) is 0 Å². The number of rotatable bonds is 4. The number of benzene rings is 1. The minimum absolute atomic E-state index is 0.287. The van der Waals surface area contributed by atoms with Crippen LogP contribution >= 0.6 is 11.6 Å². The first kappa shape index (κ1) is 14.4. The van der Waals surface area contributed by atoms with Crippen LogP contribution in [0.4, 0.5) is 4.39 Å². The van der Waals surface area contributed by atoms with Crippen LogP contribution in [0.15, 0.2) is 36.7 Å². The summed E-state index contributed by atoms with van der Waals surface area (Å²) in [5.41, 5.74) is 1.84. The average molecular weight is 320 g/mol. The largest absolute Gasteiger partial charge is 0.480 e. The molecule has 8 heteroatoms. The van der Waals surface area contributed by atoms with E-state index >= 15 is 0 Å². The zero-order valence-electron chi connectivity index (χ0n) is 11.6. The van der Waals surface area contributed by atoms with Gasteiger partial charge in [-0.05, 0) is 24.3 Å². The van der Waals surface area contributed by atoms with Gasteiger partial charge < -0.3 is 4.74 Å². The van der Waals surface area contributed by atoms with Crippen LogP contribution in [0.25, 0.3) is 17.1 Å². The zero-order chi connectivity index (χ0) is 15.5. The summed E-state index contributed by atoms with van der Waals surface area (Å²) >= 11 is 5.91. The van der Waals surface area contributed by atoms with Gasteiger partial charge in [0.1, 0.15) is 17.4 Å². The monoisotopic (exact) mass is 319 g/mol. The Morgan fingerprint density at radius 2 is 2.05 bits per heavy atom. The fraction of sp³-hybridized carbons (Fsp3) is 0.143. The highest BCUT2D eigenvalue weighted by atomic mass is 35.5. The van der Waals surface area contributed by atoms with Crippen LogP contribution in [0.1, 0.15) is 5.69 Å². The summed E-state index contributed by atoms with van der Waals surface area (Å²) in [4.78, 5) is 8.40. The quantitative estimate of drug-likeness (QED) is 0.740. The van der Waals surface area contributed by atoms with Gasteiger partial charge in [0, 0.05) is 5.56 Å². The lowest BCUT2D eigenvalue weighted by Gasteiger charge is -2.05. The molecule has 0 radical (unpaired) electrons. The molecule has 0 atom stereocenters. The summed E-state index contributed by atoms with van der Waals surface area (Å²) in [5, 5.41) is 7.91. The average Bonchev–Trinajstić information content (AvgIpc) is 3.04. The predicted octanol–water partition coefficient (Wildman–Crippen LogP) is 2.86. The van der Waals surface area contributed by atoms with E-state index in [0.29, 0.717) is 16.7 Å². The van der Waals surface area contributed by atoms with E-state index in [9.17, 15) is 4.39 Å². The Morgan fingerprint density at radius 1 is 1.27 bits per heavy atom. The highest BCUT2D eigenvalue weighted by Gasteiger charge is 2.08. The number of hydrogen-bond acceptors (Lipinski definition) is 5. The summed E-state index contributed by atoms with van der Waals surface area (Å²) in [6.45, 7) is -0.642. The Balaban J connectivity index is 1.90. The third-order valence-corrected chi connectivity index (χ3v) is 3.23. The second-order valence-corrected chi connectivity index (χ2v) is 4.79. The number of nitrogens with zero attached hydrogens (tertiary/aromatic N) is 5. The molecule has 1 aromatic carbocycles. The second kappa shape index (κ2) is 6.07. The van der Waals surface area contributed by atoms with Gasteiger partial charge >= 0.3 is 0 Å². The molecule has 0 spiro atoms. The molecule has 0 aliphatic heterocycles. The van der Waals surface area contributed by atoms with Gasteiger partial charge in [-0.25, -0.2) is 14.1 Å². The Morgan fingerprint density at radius 3 is 2.68 bits per heavy atom. The van der Waals surface area contributed by atoms with E-state index in [0.717, 1.165) is 11.3 Å². The van der Waals surface area contributed by atoms with Gasteiger partial charge in [0.2, 0.25) is 5.88 Å². The standard InChI is InChI=1S/C14H11ClFN5O/c1-22-14-12(15)7-17-13(18-14)9-2-4-11(5-3-9)21-8-10(6-16)19-20-21/h2-5,7-8H,6H2,1H3. The van der Waals surface area contributed by atoms with E-state index in [1.165, 1.54) is 24.2 Å². The molecule has 2 heterocycles. The molecule has 6 nitrogen and oxygen atoms in total. The maximum Gasteiger partial charge on any atom is 0.235 e. The van der Waals surface area contributed by atoms with Gasteiger partial charge in [-0.2, -0.15) is 4.98 Å². The van der Waals surface area contributed by atoms with Crippen molar-refractivity contribution in [2.24, 2.45) is 0 Å². The van der Waals surface area contributed by atoms with Crippen LogP contribution in [0, 0.1) is 0 Å². The molecule has 0 bridgehead atoms. The Bertz CT molecular complexity index is 790. The first-order chi connectivity index (χ1) is 10.7. The Kier molecular flexibility index (Phi) is 3.97. The number of aromatic nitrogens is 5. The fourth-order valence-electron chi connectivity index (χ4n) is 1.88. The third-order valence-electron chi connectivity index (χ3n) is 2.97. The molecular weight excluding hydrogens is 309 g/mol. The molecule has 0 saturated carbocycles. The minimum atomic E-state index is -0.642. The molecule has 3 rings (SSSR count). The van der Waals surface area contributed by atoms with Gasteiger partial charge in [0.05, 0.1) is 25.2 Å². The van der Waals surface area contributed by atoms with Gasteiger partial charge in [-0.1, -0.05) is 16.8 Å². The lowest BCUT2D eigenvalue weighted by Crippen LogP contribution is -1.96. The van der Waals surface area contributed by atoms with Gasteiger partial charge in [0.15, 0.2) is 5.82 Å². The normalized spacial score (nSPS) is 10.7. The maximum absolute atomic E-state index is 12.5. The lowest BCUT2D eigenvalue weighted by molar-refractivity contribution is 0.397. The molecule has 3 aromatic rings. The van der Waals surface area contributed by atoms with Crippen molar-refractivity contribution in [3.05, 3.63) is 47.4 Å². The number of methoxy groups -OCH3 is 1. The van der Waals surface area contributed by atoms with Crippen molar-refractivity contribution < 1.29 is 9.13 Å². The summed E-state index contributed by atoms with van der Waals surface area (Å²) in [6.07, 6.45) is 3.03. The lowest BCUT2D eigenvalue weighted by atomic mass is 10.2. The molecule has 0 saturated heterocycles. The van der Waals surface area contributed by atoms with Crippen LogP contribution in [0.3, 0.4) is 0 Å². The first-order valence-electron chi connectivity index (χ1n) is 6.36. The minimum Gasteiger partial charge on any atom is -0.480 e. The molecule has 0 fully saturated rings. The molecule has 22 heavy (non-hydrogen) atoms. The van der Waals surface area contributed by atoms with Crippen molar-refractivity contribution in [3.63, 3.8) is 0 Å². The van der Waals surface area contributed by atoms with E-state index in [1.807, 2.05) is 24.3 Å². The van der Waals surface area contributed by atoms with Crippen LogP contribution in [0.2, 0.25) is 5.02 Å². The smallest absolute Gasteiger partial charge is 0.235 e. The van der Waals surface area contributed by atoms with Crippen molar-refractivity contribution in [2.45, 2.75) is 6.67 Å². The molecule has 112 valence electrons. The van der Waals surface area contributed by atoms with E-state index in [-0.39, 0.29) is 5.69 Å². The second-order valence-electron chi connectivity index (χ2n) is 4.39. The molecule has 0 unspecified atom stereocenters. The van der Waals surface area contributed by atoms with Crippen molar-refractivity contribution in [3.8, 4) is 23.0 Å². The predicted molar refractivity (Wildman–Crippen MR) is 78.8 cm³/mol. The maximum atomic E-state index is 12.5. The topological polar surface area (TPSA) is 65.7 Å². The number of alkyl halides is 1. The highest BCUT2D eigenvalue weighted by molar-refractivity contribution is 6.31. The van der Waals surface area contributed by atoms with Crippen molar-refractivity contribution in [1.29, 1.82) is 0 Å². The first-order valence-corrected chi connectivity index (χ1v) is 6.73. The highest BCUT2D eigenvalue weighted by Crippen LogP contribution is 2.24. The van der Waals surface area contributed by atoms with Crippen LogP contribution in [-0.4, -0.2) is 32.1 Å². The number of hydrogen-bond donors (Lipinski definition) is 0. The van der Waals surface area contributed by atoms with Crippen LogP contribution in [-0.2, 0) is 6.67 Å². The van der Waals surface area contributed by atoms with Crippen LogP contribution in [0.5, 0.6) is 5.88 Å². The van der Waals surface area contributed by atoms with Crippen LogP contribution < -0.4 is 4.74 Å². The van der Waals surface area contributed by atoms with Gasteiger partial charge in [0.25, 0.3) is 0 Å². The molecule has 2 aromatic heterocycles. The van der Waals surface area contributed by atoms with Crippen molar-refractivity contribution >= 4 is 11.6 Å². The fourth-order valence-corrected chi connectivity index (χ4v) is 2.05. The summed E-state index contributed by atoms with van der Waals surface area (Å²) in [6, 6.07) is 7.29. The molecule has 0 aliphatic rings. The van der Waals surface area contributed by atoms with Gasteiger partial charge in [-0.15, -0.1) is 5.10 Å².